The van der Waals surface area contributed by atoms with Gasteiger partial charge in [0.05, 0.1) is 0 Å². The van der Waals surface area contributed by atoms with Gasteiger partial charge in [0.15, 0.2) is 11.2 Å². The molecule has 0 aromatic heterocycles. The van der Waals surface area contributed by atoms with E-state index >= 15 is 0 Å². The highest BCUT2D eigenvalue weighted by Gasteiger charge is 2.29. The molecule has 0 saturated heterocycles. The normalized spacial score (nSPS) is 13.4. The molecule has 0 aromatic carbocycles. The van der Waals surface area contributed by atoms with Gasteiger partial charge in [-0.1, -0.05) is 104 Å². The number of aliphatic hydroxyl groups is 2. The van der Waals surface area contributed by atoms with E-state index in [4.69, 9.17) is 20.4 Å². The van der Waals surface area contributed by atoms with Gasteiger partial charge < -0.3 is 30.6 Å². The Bertz CT molecular complexity index is 631. The number of carboxylic acids is 4. The molecule has 0 saturated carbocycles. The summed E-state index contributed by atoms with van der Waals surface area (Å²) in [5.41, 5.74) is -3.07. The second-order valence-corrected chi connectivity index (χ2v) is 11.6. The molecule has 0 fully saturated rings. The maximum absolute atomic E-state index is 10.5. The van der Waals surface area contributed by atoms with Crippen molar-refractivity contribution in [1.29, 1.82) is 0 Å². The fourth-order valence-electron chi connectivity index (χ4n) is 3.97. The fourth-order valence-corrected chi connectivity index (χ4v) is 3.97. The quantitative estimate of drug-likeness (QED) is 0.0570. The van der Waals surface area contributed by atoms with Crippen molar-refractivity contribution in [1.82, 2.24) is 0 Å². The van der Waals surface area contributed by atoms with E-state index in [1.54, 1.807) is 0 Å². The third-order valence-corrected chi connectivity index (χ3v) is 6.99. The molecular weight excluding hydrogens is 544 g/mol. The van der Waals surface area contributed by atoms with E-state index in [-0.39, 0.29) is 12.8 Å². The molecular formula is C32H62O10. The lowest BCUT2D eigenvalue weighted by atomic mass is 9.98. The molecule has 0 heterocycles. The van der Waals surface area contributed by atoms with Crippen molar-refractivity contribution in [3.05, 3.63) is 0 Å². The van der Waals surface area contributed by atoms with Gasteiger partial charge in [-0.15, -0.1) is 0 Å². The monoisotopic (exact) mass is 606 g/mol. The molecule has 0 aliphatic rings. The predicted molar refractivity (Wildman–Crippen MR) is 165 cm³/mol. The van der Waals surface area contributed by atoms with Crippen LogP contribution >= 0.6 is 0 Å². The highest BCUT2D eigenvalue weighted by atomic mass is 16.4. The largest absolute Gasteiger partial charge is 0.481 e. The molecule has 250 valence electrons. The summed E-state index contributed by atoms with van der Waals surface area (Å²) in [6, 6.07) is 0. The van der Waals surface area contributed by atoms with Gasteiger partial charge in [-0.05, 0) is 52.4 Å². The van der Waals surface area contributed by atoms with E-state index < -0.39 is 35.1 Å². The minimum atomic E-state index is -1.54. The van der Waals surface area contributed by atoms with Crippen LogP contribution in [0.2, 0.25) is 0 Å². The van der Waals surface area contributed by atoms with Crippen LogP contribution in [0.25, 0.3) is 0 Å². The lowest BCUT2D eigenvalue weighted by Gasteiger charge is -2.17. The average Bonchev–Trinajstić information content (AvgIpc) is 2.90. The zero-order chi connectivity index (χ0) is 32.9. The van der Waals surface area contributed by atoms with Crippen LogP contribution in [0.15, 0.2) is 0 Å². The van der Waals surface area contributed by atoms with Crippen LogP contribution in [-0.2, 0) is 19.2 Å². The van der Waals surface area contributed by atoms with Crippen LogP contribution in [0.1, 0.15) is 169 Å². The van der Waals surface area contributed by atoms with E-state index in [0.29, 0.717) is 12.8 Å². The topological polar surface area (TPSA) is 190 Å². The van der Waals surface area contributed by atoms with Crippen molar-refractivity contribution in [2.24, 2.45) is 0 Å². The maximum Gasteiger partial charge on any atom is 0.335 e. The number of carbonyl (C=O) groups is 4. The molecule has 2 unspecified atom stereocenters. The van der Waals surface area contributed by atoms with Gasteiger partial charge in [0.25, 0.3) is 0 Å². The fraction of sp³-hybridized carbons (Fsp3) is 0.875. The van der Waals surface area contributed by atoms with Crippen LogP contribution in [0.3, 0.4) is 0 Å². The van der Waals surface area contributed by atoms with Crippen molar-refractivity contribution in [3.8, 4) is 0 Å². The van der Waals surface area contributed by atoms with Gasteiger partial charge in [0.1, 0.15) is 0 Å². The first-order valence-corrected chi connectivity index (χ1v) is 16.0. The molecule has 0 aliphatic carbocycles. The zero-order valence-corrected chi connectivity index (χ0v) is 26.9. The number of hydrogen-bond donors (Lipinski definition) is 6. The second kappa shape index (κ2) is 28.9. The minimum Gasteiger partial charge on any atom is -0.481 e. The van der Waals surface area contributed by atoms with E-state index in [2.05, 4.69) is 13.8 Å². The highest BCUT2D eigenvalue weighted by Crippen LogP contribution is 2.17. The number of aliphatic carboxylic acids is 4. The Morgan fingerprint density at radius 2 is 0.667 bits per heavy atom. The van der Waals surface area contributed by atoms with Crippen LogP contribution in [-0.4, -0.2) is 65.7 Å². The lowest BCUT2D eigenvalue weighted by molar-refractivity contribution is -0.157. The van der Waals surface area contributed by atoms with Gasteiger partial charge >= 0.3 is 23.9 Å². The first kappa shape index (κ1) is 44.2. The Kier molecular flexibility index (Phi) is 30.4. The van der Waals surface area contributed by atoms with Gasteiger partial charge in [0, 0.05) is 12.8 Å². The SMILES string of the molecule is CCCCCCCCC(C)(O)C(=O)O.CCCCCCCCC(C)(O)C(=O)O.O=C(O)CCCCCCCCC(=O)O. The summed E-state index contributed by atoms with van der Waals surface area (Å²) in [5, 5.41) is 52.8. The predicted octanol–water partition coefficient (Wildman–Crippen LogP) is 7.42. The van der Waals surface area contributed by atoms with Crippen molar-refractivity contribution in [2.45, 2.75) is 180 Å². The summed E-state index contributed by atoms with van der Waals surface area (Å²) in [7, 11) is 0. The average molecular weight is 607 g/mol. The Morgan fingerprint density at radius 1 is 0.429 bits per heavy atom. The Hall–Kier alpha value is -2.20. The number of carboxylic acid groups (broad SMARTS) is 4. The smallest absolute Gasteiger partial charge is 0.335 e. The first-order valence-electron chi connectivity index (χ1n) is 16.0. The van der Waals surface area contributed by atoms with Gasteiger partial charge in [-0.3, -0.25) is 9.59 Å². The number of unbranched alkanes of at least 4 members (excludes halogenated alkanes) is 15. The summed E-state index contributed by atoms with van der Waals surface area (Å²) in [6.45, 7) is 7.05. The molecule has 6 N–H and O–H groups in total. The van der Waals surface area contributed by atoms with Crippen molar-refractivity contribution in [2.75, 3.05) is 0 Å². The first-order chi connectivity index (χ1) is 19.6. The molecule has 2 atom stereocenters. The van der Waals surface area contributed by atoms with Crippen LogP contribution in [0.5, 0.6) is 0 Å². The minimum absolute atomic E-state index is 0.245. The number of hydrogen-bond acceptors (Lipinski definition) is 6. The zero-order valence-electron chi connectivity index (χ0n) is 26.9. The van der Waals surface area contributed by atoms with Gasteiger partial charge in [0.2, 0.25) is 0 Å². The van der Waals surface area contributed by atoms with Crippen LogP contribution < -0.4 is 0 Å². The molecule has 10 nitrogen and oxygen atoms in total. The highest BCUT2D eigenvalue weighted by molar-refractivity contribution is 5.76. The Balaban J connectivity index is -0.000000543. The second-order valence-electron chi connectivity index (χ2n) is 11.6. The molecule has 0 aliphatic heterocycles. The van der Waals surface area contributed by atoms with E-state index in [1.807, 2.05) is 0 Å². The summed E-state index contributed by atoms with van der Waals surface area (Å²) in [4.78, 5) is 41.4. The summed E-state index contributed by atoms with van der Waals surface area (Å²) >= 11 is 0. The Morgan fingerprint density at radius 3 is 0.905 bits per heavy atom. The summed E-state index contributed by atoms with van der Waals surface area (Å²) in [6.07, 6.45) is 19.8. The van der Waals surface area contributed by atoms with E-state index in [1.165, 1.54) is 52.4 Å². The van der Waals surface area contributed by atoms with Gasteiger partial charge in [-0.2, -0.15) is 0 Å². The van der Waals surface area contributed by atoms with Crippen molar-refractivity contribution in [3.63, 3.8) is 0 Å². The summed E-state index contributed by atoms with van der Waals surface area (Å²) in [5.74, 6) is -3.72. The van der Waals surface area contributed by atoms with E-state index in [9.17, 15) is 29.4 Å². The molecule has 0 rings (SSSR count). The van der Waals surface area contributed by atoms with Crippen molar-refractivity contribution >= 4 is 23.9 Å². The lowest BCUT2D eigenvalue weighted by Crippen LogP contribution is -2.34. The third kappa shape index (κ3) is 34.0. The van der Waals surface area contributed by atoms with Crippen molar-refractivity contribution < 1.29 is 49.8 Å². The molecule has 0 amide bonds. The van der Waals surface area contributed by atoms with E-state index in [0.717, 1.165) is 77.0 Å². The Labute approximate surface area is 253 Å². The van der Waals surface area contributed by atoms with Gasteiger partial charge in [-0.25, -0.2) is 9.59 Å². The number of rotatable bonds is 25. The summed E-state index contributed by atoms with van der Waals surface area (Å²) < 4.78 is 0. The molecule has 0 radical (unpaired) electrons. The van der Waals surface area contributed by atoms with Crippen LogP contribution in [0, 0.1) is 0 Å². The van der Waals surface area contributed by atoms with Crippen LogP contribution in [0.4, 0.5) is 0 Å². The standard InChI is InChI=1S/2C11H22O3.C10H18O4/c2*1-3-4-5-6-7-8-9-11(2,14)10(12)13;11-9(12)7-5-3-1-2-4-6-8-10(13)14/h2*14H,3-9H2,1-2H3,(H,12,13);1-8H2,(H,11,12)(H,13,14). The molecule has 42 heavy (non-hydrogen) atoms. The third-order valence-electron chi connectivity index (χ3n) is 6.99. The molecule has 0 bridgehead atoms. The molecule has 0 spiro atoms. The molecule has 10 heteroatoms. The molecule has 0 aromatic rings. The maximum atomic E-state index is 10.5.